The van der Waals surface area contributed by atoms with Gasteiger partial charge in [-0.15, -0.1) is 5.10 Å². The molecule has 25 heavy (non-hydrogen) atoms. The maximum absolute atomic E-state index is 12.3. The van der Waals surface area contributed by atoms with Crippen LogP contribution in [0.4, 0.5) is 0 Å². The van der Waals surface area contributed by atoms with Crippen LogP contribution in [0, 0.1) is 12.8 Å². The number of rotatable bonds is 4. The molecule has 126 valence electrons. The van der Waals surface area contributed by atoms with E-state index in [1.807, 2.05) is 37.3 Å². The van der Waals surface area contributed by atoms with E-state index in [1.165, 1.54) is 0 Å². The molecule has 6 heteroatoms. The van der Waals surface area contributed by atoms with Crippen LogP contribution in [-0.4, -0.2) is 32.6 Å². The second kappa shape index (κ2) is 6.47. The Kier molecular flexibility index (Phi) is 4.01. The number of hydrogen-bond donors (Lipinski definition) is 0. The fourth-order valence-corrected chi connectivity index (χ4v) is 3.03. The second-order valence-corrected chi connectivity index (χ2v) is 6.22. The van der Waals surface area contributed by atoms with Crippen LogP contribution in [0.25, 0.3) is 16.6 Å². The Morgan fingerprint density at radius 1 is 1.28 bits per heavy atom. The quantitative estimate of drug-likeness (QED) is 0.541. The van der Waals surface area contributed by atoms with Crippen molar-refractivity contribution in [1.82, 2.24) is 20.0 Å². The molecule has 0 amide bonds. The van der Waals surface area contributed by atoms with Gasteiger partial charge in [0.05, 0.1) is 23.5 Å². The van der Waals surface area contributed by atoms with Crippen molar-refractivity contribution in [3.8, 4) is 5.69 Å². The van der Waals surface area contributed by atoms with Crippen LogP contribution in [0.3, 0.4) is 0 Å². The molecule has 0 radical (unpaired) electrons. The van der Waals surface area contributed by atoms with E-state index in [1.54, 1.807) is 10.9 Å². The van der Waals surface area contributed by atoms with E-state index < -0.39 is 5.97 Å². The van der Waals surface area contributed by atoms with Crippen molar-refractivity contribution in [2.45, 2.75) is 19.8 Å². The number of carbonyl (C=O) groups is 1. The zero-order valence-corrected chi connectivity index (χ0v) is 13.9. The minimum atomic E-state index is -0.418. The monoisotopic (exact) mass is 334 g/mol. The first kappa shape index (κ1) is 15.5. The van der Waals surface area contributed by atoms with Gasteiger partial charge >= 0.3 is 5.97 Å². The van der Waals surface area contributed by atoms with Gasteiger partial charge in [0.2, 0.25) is 0 Å². The van der Waals surface area contributed by atoms with Crippen LogP contribution in [0.2, 0.25) is 0 Å². The molecule has 4 rings (SSSR count). The number of hydrogen-bond acceptors (Lipinski definition) is 5. The summed E-state index contributed by atoms with van der Waals surface area (Å²) >= 11 is 0. The van der Waals surface area contributed by atoms with Crippen LogP contribution in [0.15, 0.2) is 48.7 Å². The Balaban J connectivity index is 1.56. The third kappa shape index (κ3) is 3.03. The van der Waals surface area contributed by atoms with Gasteiger partial charge in [-0.1, -0.05) is 23.4 Å². The highest BCUT2D eigenvalue weighted by atomic mass is 16.5. The number of aromatic nitrogens is 4. The van der Waals surface area contributed by atoms with E-state index in [2.05, 4.69) is 27.4 Å². The molecule has 6 nitrogen and oxygen atoms in total. The summed E-state index contributed by atoms with van der Waals surface area (Å²) in [6.45, 7) is 2.24. The predicted octanol–water partition coefficient (Wildman–Crippen LogP) is 3.25. The van der Waals surface area contributed by atoms with Gasteiger partial charge in [-0.25, -0.2) is 9.48 Å². The summed E-state index contributed by atoms with van der Waals surface area (Å²) < 4.78 is 7.06. The van der Waals surface area contributed by atoms with Gasteiger partial charge in [0, 0.05) is 11.6 Å². The minimum Gasteiger partial charge on any atom is -0.461 e. The fourth-order valence-electron chi connectivity index (χ4n) is 3.03. The summed E-state index contributed by atoms with van der Waals surface area (Å²) in [7, 11) is 0. The Labute approximate surface area is 145 Å². The highest BCUT2D eigenvalue weighted by Crippen LogP contribution is 2.20. The maximum Gasteiger partial charge on any atom is 0.360 e. The van der Waals surface area contributed by atoms with Crippen molar-refractivity contribution in [3.63, 3.8) is 0 Å². The van der Waals surface area contributed by atoms with Crippen molar-refractivity contribution in [3.05, 3.63) is 60.1 Å². The third-order valence-corrected chi connectivity index (χ3v) is 4.47. The topological polar surface area (TPSA) is 69.9 Å². The van der Waals surface area contributed by atoms with Gasteiger partial charge in [0.15, 0.2) is 5.69 Å². The average molecular weight is 334 g/mol. The molecule has 0 aliphatic heterocycles. The van der Waals surface area contributed by atoms with E-state index in [0.29, 0.717) is 18.2 Å². The van der Waals surface area contributed by atoms with E-state index in [0.717, 1.165) is 29.4 Å². The molecule has 0 spiro atoms. The molecule has 2 aromatic heterocycles. The summed E-state index contributed by atoms with van der Waals surface area (Å²) in [5, 5.41) is 9.16. The molecule has 1 aliphatic rings. The molecule has 0 bridgehead atoms. The summed E-state index contributed by atoms with van der Waals surface area (Å²) in [5.41, 5.74) is 2.67. The fraction of sp³-hybridized carbons (Fsp3) is 0.263. The lowest BCUT2D eigenvalue weighted by atomic mass is 10.1. The lowest BCUT2D eigenvalue weighted by Gasteiger charge is -2.09. The SMILES string of the molecule is Cc1c(C(=O)OCC2CC=CC2)nnn1-c1ccc2ncccc2c1. The van der Waals surface area contributed by atoms with Crippen LogP contribution in [0.5, 0.6) is 0 Å². The van der Waals surface area contributed by atoms with Gasteiger partial charge in [0.1, 0.15) is 0 Å². The van der Waals surface area contributed by atoms with E-state index in [-0.39, 0.29) is 5.69 Å². The zero-order chi connectivity index (χ0) is 17.2. The Hall–Kier alpha value is -3.02. The molecular formula is C19H18N4O2. The predicted molar refractivity (Wildman–Crippen MR) is 93.5 cm³/mol. The van der Waals surface area contributed by atoms with Gasteiger partial charge in [-0.2, -0.15) is 0 Å². The van der Waals surface area contributed by atoms with Crippen molar-refractivity contribution in [2.24, 2.45) is 5.92 Å². The largest absolute Gasteiger partial charge is 0.461 e. The maximum atomic E-state index is 12.3. The number of ether oxygens (including phenoxy) is 1. The van der Waals surface area contributed by atoms with Gasteiger partial charge in [0.25, 0.3) is 0 Å². The number of carbonyl (C=O) groups excluding carboxylic acids is 1. The minimum absolute atomic E-state index is 0.261. The third-order valence-electron chi connectivity index (χ3n) is 4.47. The molecule has 1 aromatic carbocycles. The Bertz CT molecular complexity index is 953. The average Bonchev–Trinajstić information content (AvgIpc) is 3.29. The molecule has 0 atom stereocenters. The molecule has 0 N–H and O–H groups in total. The second-order valence-electron chi connectivity index (χ2n) is 6.22. The number of benzene rings is 1. The van der Waals surface area contributed by atoms with Crippen LogP contribution in [-0.2, 0) is 4.74 Å². The molecule has 3 aromatic rings. The summed E-state index contributed by atoms with van der Waals surface area (Å²) in [5.74, 6) is -0.0367. The molecule has 0 unspecified atom stereocenters. The highest BCUT2D eigenvalue weighted by molar-refractivity contribution is 5.88. The van der Waals surface area contributed by atoms with Crippen molar-refractivity contribution in [2.75, 3.05) is 6.61 Å². The lowest BCUT2D eigenvalue weighted by molar-refractivity contribution is 0.0438. The smallest absolute Gasteiger partial charge is 0.360 e. The zero-order valence-electron chi connectivity index (χ0n) is 13.9. The van der Waals surface area contributed by atoms with E-state index in [4.69, 9.17) is 4.74 Å². The molecule has 0 fully saturated rings. The number of pyridine rings is 1. The standard InChI is InChI=1S/C19H18N4O2/c1-13-18(19(24)25-12-14-5-2-3-6-14)21-22-23(13)16-8-9-17-15(11-16)7-4-10-20-17/h2-4,7-11,14H,5-6,12H2,1H3. The van der Waals surface area contributed by atoms with Crippen molar-refractivity contribution in [1.29, 1.82) is 0 Å². The Morgan fingerprint density at radius 2 is 2.12 bits per heavy atom. The molecule has 2 heterocycles. The van der Waals surface area contributed by atoms with Gasteiger partial charge in [-0.3, -0.25) is 4.98 Å². The molecule has 0 saturated heterocycles. The van der Waals surface area contributed by atoms with E-state index >= 15 is 0 Å². The first-order valence-electron chi connectivity index (χ1n) is 8.32. The van der Waals surface area contributed by atoms with Crippen LogP contribution < -0.4 is 0 Å². The summed E-state index contributed by atoms with van der Waals surface area (Å²) in [4.78, 5) is 16.6. The van der Waals surface area contributed by atoms with E-state index in [9.17, 15) is 4.79 Å². The van der Waals surface area contributed by atoms with Crippen LogP contribution >= 0.6 is 0 Å². The number of fused-ring (bicyclic) bond motifs is 1. The normalized spacial score (nSPS) is 14.3. The van der Waals surface area contributed by atoms with Crippen LogP contribution in [0.1, 0.15) is 29.0 Å². The number of nitrogens with zero attached hydrogens (tertiary/aromatic N) is 4. The molecule has 1 aliphatic carbocycles. The van der Waals surface area contributed by atoms with Crippen molar-refractivity contribution < 1.29 is 9.53 Å². The molecular weight excluding hydrogens is 316 g/mol. The summed E-state index contributed by atoms with van der Waals surface area (Å²) in [6.07, 6.45) is 7.92. The van der Waals surface area contributed by atoms with Crippen molar-refractivity contribution >= 4 is 16.9 Å². The first-order chi connectivity index (χ1) is 12.2. The summed E-state index contributed by atoms with van der Waals surface area (Å²) in [6, 6.07) is 9.69. The molecule has 0 saturated carbocycles. The number of esters is 1. The number of allylic oxidation sites excluding steroid dienone is 2. The van der Waals surface area contributed by atoms with Gasteiger partial charge < -0.3 is 4.74 Å². The first-order valence-corrected chi connectivity index (χ1v) is 8.32. The lowest BCUT2D eigenvalue weighted by Crippen LogP contribution is -2.13. The Morgan fingerprint density at radius 3 is 2.96 bits per heavy atom. The highest BCUT2D eigenvalue weighted by Gasteiger charge is 2.21. The van der Waals surface area contributed by atoms with Gasteiger partial charge in [-0.05, 0) is 49.9 Å².